The molecule has 5 heteroatoms. The van der Waals surface area contributed by atoms with Crippen LogP contribution in [0.2, 0.25) is 0 Å². The van der Waals surface area contributed by atoms with Gasteiger partial charge in [0.25, 0.3) is 0 Å². The van der Waals surface area contributed by atoms with Crippen LogP contribution in [0.1, 0.15) is 15.3 Å². The number of carboxylic acid groups (broad SMARTS) is 2. The molecule has 0 rings (SSSR count). The Morgan fingerprint density at radius 3 is 1.22 bits per heavy atom. The molecule has 0 bridgehead atoms. The Labute approximate surface area is 76.6 Å². The minimum Gasteiger partial charge on any atom is -1.00 e. The maximum absolute atomic E-state index is 9.44. The van der Waals surface area contributed by atoms with E-state index in [0.717, 1.165) is 0 Å². The first-order valence-electron chi connectivity index (χ1n) is 1.86. The molecule has 0 aliphatic rings. The molecule has 0 saturated heterocycles. The van der Waals surface area contributed by atoms with Crippen LogP contribution in [-0.4, -0.2) is 22.2 Å². The minimum atomic E-state index is -1.83. The third kappa shape index (κ3) is 77800. The van der Waals surface area contributed by atoms with Crippen molar-refractivity contribution >= 4 is 11.9 Å². The molecule has 0 heterocycles. The van der Waals surface area contributed by atoms with Gasteiger partial charge in [-0.25, -0.2) is 4.79 Å². The molecule has 0 amide bonds. The van der Waals surface area contributed by atoms with E-state index >= 15 is 0 Å². The van der Waals surface area contributed by atoms with Gasteiger partial charge in [0, 0.05) is 0 Å². The summed E-state index contributed by atoms with van der Waals surface area (Å²) in [6.45, 7) is 3.06. The Balaban J connectivity index is -0.0000000300. The smallest absolute Gasteiger partial charge is 1.00 e. The Morgan fingerprint density at radius 1 is 1.22 bits per heavy atom. The average Bonchev–Trinajstić information content (AvgIpc) is 1.25. The predicted octanol–water partition coefficient (Wildman–Crippen LogP) is -2.07. The number of carbonyl (C=O) groups excluding carboxylic acids is 1. The molecule has 0 atom stereocenters. The van der Waals surface area contributed by atoms with Crippen LogP contribution in [0.4, 0.5) is 4.79 Å². The van der Waals surface area contributed by atoms with Gasteiger partial charge in [0.1, 0.15) is 5.78 Å². The van der Waals surface area contributed by atoms with Gasteiger partial charge in [-0.15, -0.1) is 0 Å². The predicted molar refractivity (Wildman–Crippen MR) is 28.1 cm³/mol. The molecule has 0 aliphatic heterocycles. The van der Waals surface area contributed by atoms with E-state index in [1.54, 1.807) is 0 Å². The van der Waals surface area contributed by atoms with Crippen molar-refractivity contribution in [3.8, 4) is 0 Å². The van der Waals surface area contributed by atoms with Gasteiger partial charge < -0.3 is 16.4 Å². The number of hydrogen-bond acceptors (Lipinski definition) is 2. The summed E-state index contributed by atoms with van der Waals surface area (Å²) in [5, 5.41) is 13.9. The zero-order valence-electron chi connectivity index (χ0n) is 6.71. The molecular formula is C4H9NaO4. The number of Topliss-reactive ketones (excluding diaryl/α,β-unsaturated/α-hetero) is 1. The van der Waals surface area contributed by atoms with Gasteiger partial charge in [-0.05, 0) is 13.8 Å². The van der Waals surface area contributed by atoms with Gasteiger partial charge >= 0.3 is 35.7 Å². The van der Waals surface area contributed by atoms with E-state index in [0.29, 0.717) is 0 Å². The molecule has 0 fully saturated rings. The van der Waals surface area contributed by atoms with E-state index in [4.69, 9.17) is 15.0 Å². The molecule has 0 unspecified atom stereocenters. The molecule has 50 valence electrons. The van der Waals surface area contributed by atoms with Crippen LogP contribution in [0.5, 0.6) is 0 Å². The number of ketones is 1. The topological polar surface area (TPSA) is 74.6 Å². The largest absolute Gasteiger partial charge is 1.00 e. The average molecular weight is 144 g/mol. The third-order valence-electron chi connectivity index (χ3n) is 0. The van der Waals surface area contributed by atoms with Crippen LogP contribution < -0.4 is 29.6 Å². The Bertz CT molecular complexity index is 75.3. The van der Waals surface area contributed by atoms with Crippen molar-refractivity contribution in [1.82, 2.24) is 0 Å². The van der Waals surface area contributed by atoms with Crippen molar-refractivity contribution in [2.75, 3.05) is 0 Å². The van der Waals surface area contributed by atoms with Gasteiger partial charge in [0.05, 0.1) is 0 Å². The summed E-state index contributed by atoms with van der Waals surface area (Å²) < 4.78 is 0. The van der Waals surface area contributed by atoms with E-state index in [9.17, 15) is 4.79 Å². The molecule has 2 N–H and O–H groups in total. The first-order chi connectivity index (χ1) is 3.46. The van der Waals surface area contributed by atoms with Crippen LogP contribution in [-0.2, 0) is 4.79 Å². The maximum atomic E-state index is 9.44. The van der Waals surface area contributed by atoms with Gasteiger partial charge in [-0.1, -0.05) is 0 Å². The van der Waals surface area contributed by atoms with Crippen molar-refractivity contribution in [3.63, 3.8) is 0 Å². The van der Waals surface area contributed by atoms with Crippen molar-refractivity contribution in [3.05, 3.63) is 0 Å². The third-order valence-corrected chi connectivity index (χ3v) is 0. The Hall–Kier alpha value is -0.0600. The molecule has 0 aliphatic carbocycles. The van der Waals surface area contributed by atoms with Crippen LogP contribution in [0.25, 0.3) is 0 Å². The van der Waals surface area contributed by atoms with Crippen molar-refractivity contribution in [2.45, 2.75) is 13.8 Å². The molecule has 4 nitrogen and oxygen atoms in total. The SMILES string of the molecule is CC(C)=O.O=C(O)O.[H-].[Na+]. The second kappa shape index (κ2) is 10.8. The maximum Gasteiger partial charge on any atom is 1.00 e. The summed E-state index contributed by atoms with van der Waals surface area (Å²) >= 11 is 0. The molecule has 0 aromatic rings. The first kappa shape index (κ1) is 16.0. The van der Waals surface area contributed by atoms with E-state index in [2.05, 4.69) is 0 Å². The first-order valence-corrected chi connectivity index (χ1v) is 1.86. The van der Waals surface area contributed by atoms with Crippen LogP contribution >= 0.6 is 0 Å². The second-order valence-corrected chi connectivity index (χ2v) is 1.19. The van der Waals surface area contributed by atoms with Gasteiger partial charge in [0.2, 0.25) is 0 Å². The molecule has 0 spiro atoms. The second-order valence-electron chi connectivity index (χ2n) is 1.19. The fraction of sp³-hybridized carbons (Fsp3) is 0.500. The summed E-state index contributed by atoms with van der Waals surface area (Å²) in [4.78, 5) is 18.0. The fourth-order valence-electron chi connectivity index (χ4n) is 0. The van der Waals surface area contributed by atoms with Crippen LogP contribution in [0.15, 0.2) is 0 Å². The van der Waals surface area contributed by atoms with E-state index in [1.165, 1.54) is 13.8 Å². The summed E-state index contributed by atoms with van der Waals surface area (Å²) in [5.41, 5.74) is 0. The zero-order valence-corrected chi connectivity index (χ0v) is 7.71. The molecule has 0 aromatic carbocycles. The normalized spacial score (nSPS) is 5.56. The van der Waals surface area contributed by atoms with E-state index in [-0.39, 0.29) is 36.8 Å². The fourth-order valence-corrected chi connectivity index (χ4v) is 0. The summed E-state index contributed by atoms with van der Waals surface area (Å²) in [7, 11) is 0. The van der Waals surface area contributed by atoms with Crippen LogP contribution in [0, 0.1) is 0 Å². The van der Waals surface area contributed by atoms with Crippen molar-refractivity contribution in [2.24, 2.45) is 0 Å². The number of carbonyl (C=O) groups is 2. The molecule has 0 saturated carbocycles. The van der Waals surface area contributed by atoms with E-state index in [1.807, 2.05) is 0 Å². The quantitative estimate of drug-likeness (QED) is 0.383. The standard InChI is InChI=1S/C3H6O.CH2O3.Na.H/c1-3(2)4;2-1(3)4;;/h1-2H3;(H2,2,3,4);;/q;;+1;-1. The van der Waals surface area contributed by atoms with Gasteiger partial charge in [0.15, 0.2) is 0 Å². The minimum absolute atomic E-state index is 0. The van der Waals surface area contributed by atoms with Crippen LogP contribution in [0.3, 0.4) is 0 Å². The van der Waals surface area contributed by atoms with E-state index < -0.39 is 6.16 Å². The monoisotopic (exact) mass is 144 g/mol. The summed E-state index contributed by atoms with van der Waals surface area (Å²) in [6.07, 6.45) is -1.83. The Morgan fingerprint density at radius 2 is 1.22 bits per heavy atom. The summed E-state index contributed by atoms with van der Waals surface area (Å²) in [5.74, 6) is 0.167. The van der Waals surface area contributed by atoms with Gasteiger partial charge in [-0.3, -0.25) is 0 Å². The molecule has 0 aromatic heterocycles. The number of hydrogen-bond donors (Lipinski definition) is 2. The molecular weight excluding hydrogens is 135 g/mol. The van der Waals surface area contributed by atoms with Crippen molar-refractivity contribution < 1.29 is 50.8 Å². The van der Waals surface area contributed by atoms with Gasteiger partial charge in [-0.2, -0.15) is 0 Å². The van der Waals surface area contributed by atoms with Crippen molar-refractivity contribution in [1.29, 1.82) is 0 Å². The molecule has 9 heavy (non-hydrogen) atoms. The Kier molecular flexibility index (Phi) is 19.2. The summed E-state index contributed by atoms with van der Waals surface area (Å²) in [6, 6.07) is 0. The number of rotatable bonds is 0. The molecule has 0 radical (unpaired) electrons. The zero-order chi connectivity index (χ0) is 7.15.